The number of rotatable bonds is 3. The Kier molecular flexibility index (Phi) is 2.34. The third-order valence-corrected chi connectivity index (χ3v) is 3.74. The molecule has 0 radical (unpaired) electrons. The molecule has 1 heterocycles. The van der Waals surface area contributed by atoms with Crippen LogP contribution < -0.4 is 0 Å². The Morgan fingerprint density at radius 1 is 1.36 bits per heavy atom. The van der Waals surface area contributed by atoms with E-state index in [0.29, 0.717) is 12.2 Å². The average Bonchev–Trinajstić information content (AvgIpc) is 2.92. The predicted octanol–water partition coefficient (Wildman–Crippen LogP) is 2.15. The van der Waals surface area contributed by atoms with Crippen molar-refractivity contribution in [1.29, 1.82) is 0 Å². The van der Waals surface area contributed by atoms with Gasteiger partial charge in [-0.2, -0.15) is 0 Å². The first kappa shape index (κ1) is 8.93. The molecule has 2 nitrogen and oxygen atoms in total. The Balaban J connectivity index is 1.47. The molecule has 0 amide bonds. The van der Waals surface area contributed by atoms with Crippen LogP contribution in [0.15, 0.2) is 12.2 Å². The number of hydrogen-bond donors (Lipinski definition) is 0. The van der Waals surface area contributed by atoms with E-state index < -0.39 is 0 Å². The molecule has 1 aliphatic heterocycles. The molecule has 1 saturated carbocycles. The van der Waals surface area contributed by atoms with Gasteiger partial charge in [0, 0.05) is 0 Å². The number of fused-ring (bicyclic) bond motifs is 1. The third-order valence-electron chi connectivity index (χ3n) is 3.74. The number of ether oxygens (including phenoxy) is 2. The standard InChI is InChI=1S/C12H18O2/c1-2-9-4-5-11(6-10(9)3-1)13-7-12-8-14-12/h1-2,9-12H,3-8H2. The second kappa shape index (κ2) is 3.67. The smallest absolute Gasteiger partial charge is 0.104 e. The Morgan fingerprint density at radius 2 is 2.29 bits per heavy atom. The van der Waals surface area contributed by atoms with Gasteiger partial charge in [-0.3, -0.25) is 0 Å². The molecule has 2 fully saturated rings. The zero-order chi connectivity index (χ0) is 9.38. The fourth-order valence-corrected chi connectivity index (χ4v) is 2.76. The Bertz CT molecular complexity index is 232. The van der Waals surface area contributed by atoms with Crippen molar-refractivity contribution in [2.45, 2.75) is 37.9 Å². The fraction of sp³-hybridized carbons (Fsp3) is 0.833. The zero-order valence-electron chi connectivity index (χ0n) is 8.52. The summed E-state index contributed by atoms with van der Waals surface area (Å²) in [5.74, 6) is 1.75. The first-order valence-electron chi connectivity index (χ1n) is 5.81. The van der Waals surface area contributed by atoms with Crippen LogP contribution in [0.5, 0.6) is 0 Å². The maximum Gasteiger partial charge on any atom is 0.104 e. The van der Waals surface area contributed by atoms with E-state index in [2.05, 4.69) is 12.2 Å². The van der Waals surface area contributed by atoms with E-state index in [1.54, 1.807) is 0 Å². The zero-order valence-corrected chi connectivity index (χ0v) is 8.52. The highest BCUT2D eigenvalue weighted by Crippen LogP contribution is 2.38. The summed E-state index contributed by atoms with van der Waals surface area (Å²) in [6, 6.07) is 0. The minimum atomic E-state index is 0.425. The SMILES string of the molecule is C1=CC2CCC(OCC3CO3)CC2C1. The van der Waals surface area contributed by atoms with Crippen LogP contribution >= 0.6 is 0 Å². The summed E-state index contributed by atoms with van der Waals surface area (Å²) >= 11 is 0. The van der Waals surface area contributed by atoms with Crippen molar-refractivity contribution in [3.63, 3.8) is 0 Å². The first-order chi connectivity index (χ1) is 6.92. The molecule has 0 bridgehead atoms. The molecule has 0 aromatic carbocycles. The van der Waals surface area contributed by atoms with Crippen LogP contribution in [0.3, 0.4) is 0 Å². The topological polar surface area (TPSA) is 21.8 Å². The fourth-order valence-electron chi connectivity index (χ4n) is 2.76. The van der Waals surface area contributed by atoms with E-state index in [1.807, 2.05) is 0 Å². The van der Waals surface area contributed by atoms with Crippen LogP contribution in [0.2, 0.25) is 0 Å². The maximum absolute atomic E-state index is 5.86. The van der Waals surface area contributed by atoms with Crippen molar-refractivity contribution in [2.75, 3.05) is 13.2 Å². The molecule has 78 valence electrons. The van der Waals surface area contributed by atoms with Gasteiger partial charge in [-0.25, -0.2) is 0 Å². The van der Waals surface area contributed by atoms with Crippen molar-refractivity contribution < 1.29 is 9.47 Å². The normalized spacial score (nSPS) is 45.1. The number of allylic oxidation sites excluding steroid dienone is 2. The molecule has 4 unspecified atom stereocenters. The van der Waals surface area contributed by atoms with E-state index in [9.17, 15) is 0 Å². The maximum atomic E-state index is 5.86. The molecule has 2 heteroatoms. The Labute approximate surface area is 85.3 Å². The van der Waals surface area contributed by atoms with E-state index in [1.165, 1.54) is 25.7 Å². The molecule has 0 spiro atoms. The van der Waals surface area contributed by atoms with Crippen molar-refractivity contribution in [2.24, 2.45) is 11.8 Å². The monoisotopic (exact) mass is 194 g/mol. The summed E-state index contributed by atoms with van der Waals surface area (Å²) in [5.41, 5.74) is 0. The van der Waals surface area contributed by atoms with Gasteiger partial charge in [0.2, 0.25) is 0 Å². The Morgan fingerprint density at radius 3 is 3.14 bits per heavy atom. The van der Waals surface area contributed by atoms with Gasteiger partial charge in [0.15, 0.2) is 0 Å². The van der Waals surface area contributed by atoms with E-state index in [4.69, 9.17) is 9.47 Å². The van der Waals surface area contributed by atoms with Gasteiger partial charge in [-0.05, 0) is 37.5 Å². The molecule has 0 aromatic rings. The van der Waals surface area contributed by atoms with Gasteiger partial charge in [0.1, 0.15) is 6.10 Å². The van der Waals surface area contributed by atoms with Gasteiger partial charge in [0.25, 0.3) is 0 Å². The van der Waals surface area contributed by atoms with Crippen LogP contribution in [0.25, 0.3) is 0 Å². The van der Waals surface area contributed by atoms with Gasteiger partial charge < -0.3 is 9.47 Å². The summed E-state index contributed by atoms with van der Waals surface area (Å²) in [4.78, 5) is 0. The molecule has 14 heavy (non-hydrogen) atoms. The van der Waals surface area contributed by atoms with Crippen molar-refractivity contribution in [3.05, 3.63) is 12.2 Å². The molecule has 4 atom stereocenters. The quantitative estimate of drug-likeness (QED) is 0.507. The molecule has 0 N–H and O–H groups in total. The highest BCUT2D eigenvalue weighted by atomic mass is 16.6. The van der Waals surface area contributed by atoms with Crippen molar-refractivity contribution in [1.82, 2.24) is 0 Å². The molecule has 3 aliphatic rings. The van der Waals surface area contributed by atoms with Crippen molar-refractivity contribution >= 4 is 0 Å². The lowest BCUT2D eigenvalue weighted by Gasteiger charge is -2.31. The molecule has 0 aromatic heterocycles. The Hall–Kier alpha value is -0.340. The molecular weight excluding hydrogens is 176 g/mol. The van der Waals surface area contributed by atoms with Crippen LogP contribution in [0.4, 0.5) is 0 Å². The third kappa shape index (κ3) is 1.86. The highest BCUT2D eigenvalue weighted by molar-refractivity contribution is 5.03. The average molecular weight is 194 g/mol. The lowest BCUT2D eigenvalue weighted by Crippen LogP contribution is -2.27. The summed E-state index contributed by atoms with van der Waals surface area (Å²) in [6.45, 7) is 1.75. The molecule has 1 saturated heterocycles. The lowest BCUT2D eigenvalue weighted by atomic mass is 9.80. The number of hydrogen-bond acceptors (Lipinski definition) is 2. The second-order valence-electron chi connectivity index (χ2n) is 4.81. The van der Waals surface area contributed by atoms with Gasteiger partial charge >= 0.3 is 0 Å². The van der Waals surface area contributed by atoms with Crippen LogP contribution in [0, 0.1) is 11.8 Å². The van der Waals surface area contributed by atoms with Crippen LogP contribution in [-0.4, -0.2) is 25.4 Å². The molecular formula is C12H18O2. The second-order valence-corrected chi connectivity index (χ2v) is 4.81. The summed E-state index contributed by atoms with van der Waals surface area (Å²) in [6.07, 6.45) is 10.8. The van der Waals surface area contributed by atoms with E-state index in [-0.39, 0.29) is 0 Å². The minimum Gasteiger partial charge on any atom is -0.375 e. The summed E-state index contributed by atoms with van der Waals surface area (Å²) < 4.78 is 11.0. The number of epoxide rings is 1. The summed E-state index contributed by atoms with van der Waals surface area (Å²) in [5, 5.41) is 0. The van der Waals surface area contributed by atoms with Crippen molar-refractivity contribution in [3.8, 4) is 0 Å². The van der Waals surface area contributed by atoms with Crippen LogP contribution in [-0.2, 0) is 9.47 Å². The minimum absolute atomic E-state index is 0.425. The first-order valence-corrected chi connectivity index (χ1v) is 5.81. The van der Waals surface area contributed by atoms with E-state index in [0.717, 1.165) is 25.0 Å². The lowest BCUT2D eigenvalue weighted by molar-refractivity contribution is -0.000926. The predicted molar refractivity (Wildman–Crippen MR) is 54.1 cm³/mol. The molecule has 3 rings (SSSR count). The van der Waals surface area contributed by atoms with Gasteiger partial charge in [0.05, 0.1) is 19.3 Å². The van der Waals surface area contributed by atoms with Crippen LogP contribution in [0.1, 0.15) is 25.7 Å². The van der Waals surface area contributed by atoms with E-state index >= 15 is 0 Å². The van der Waals surface area contributed by atoms with Gasteiger partial charge in [-0.15, -0.1) is 0 Å². The summed E-state index contributed by atoms with van der Waals surface area (Å²) in [7, 11) is 0. The largest absolute Gasteiger partial charge is 0.375 e. The highest BCUT2D eigenvalue weighted by Gasteiger charge is 2.32. The van der Waals surface area contributed by atoms with Gasteiger partial charge in [-0.1, -0.05) is 12.2 Å². The molecule has 2 aliphatic carbocycles.